The Kier molecular flexibility index (Phi) is 3.54. The lowest BCUT2D eigenvalue weighted by Crippen LogP contribution is -2.47. The van der Waals surface area contributed by atoms with Gasteiger partial charge in [0.05, 0.1) is 10.6 Å². The maximum absolute atomic E-state index is 12.0. The predicted molar refractivity (Wildman–Crippen MR) is 110 cm³/mol. The summed E-state index contributed by atoms with van der Waals surface area (Å²) in [6, 6.07) is 12.8. The first kappa shape index (κ1) is 17.7. The second kappa shape index (κ2) is 5.81. The molecular weight excluding hydrogens is 390 g/mol. The van der Waals surface area contributed by atoms with Crippen LogP contribution in [-0.4, -0.2) is 20.7 Å². The molecule has 29 heavy (non-hydrogen) atoms. The lowest BCUT2D eigenvalue weighted by molar-refractivity contribution is -0.113. The van der Waals surface area contributed by atoms with E-state index in [1.807, 2.05) is 37.3 Å². The molecule has 5 rings (SSSR count). The summed E-state index contributed by atoms with van der Waals surface area (Å²) in [6.07, 6.45) is 1.15. The predicted octanol–water partition coefficient (Wildman–Crippen LogP) is 4.75. The van der Waals surface area contributed by atoms with E-state index >= 15 is 0 Å². The first-order chi connectivity index (χ1) is 13.8. The summed E-state index contributed by atoms with van der Waals surface area (Å²) >= 11 is 0. The van der Waals surface area contributed by atoms with Crippen LogP contribution < -0.4 is 10.1 Å². The van der Waals surface area contributed by atoms with Crippen LogP contribution in [0.2, 0.25) is 0 Å². The van der Waals surface area contributed by atoms with Crippen LogP contribution in [0.15, 0.2) is 70.2 Å². The quantitative estimate of drug-likeness (QED) is 0.629. The molecule has 2 aliphatic heterocycles. The fraction of sp³-hybridized carbons (Fsp3) is 0.143. The van der Waals surface area contributed by atoms with Crippen molar-refractivity contribution in [3.05, 3.63) is 66.2 Å². The number of benzene rings is 3. The van der Waals surface area contributed by atoms with Crippen molar-refractivity contribution in [3.63, 3.8) is 0 Å². The Hall–Kier alpha value is -3.39. The molecule has 2 heterocycles. The van der Waals surface area contributed by atoms with Gasteiger partial charge in [-0.25, -0.2) is 8.42 Å². The van der Waals surface area contributed by atoms with Gasteiger partial charge in [0, 0.05) is 17.2 Å². The van der Waals surface area contributed by atoms with Gasteiger partial charge in [0.25, 0.3) is 0 Å². The Morgan fingerprint density at radius 2 is 1.90 bits per heavy atom. The molecule has 0 radical (unpaired) electrons. The summed E-state index contributed by atoms with van der Waals surface area (Å²) in [5.74, 6) is 0.844. The number of sulfone groups is 1. The molecule has 7 nitrogen and oxygen atoms in total. The largest absolute Gasteiger partial charge is 0.468 e. The molecule has 0 amide bonds. The van der Waals surface area contributed by atoms with Gasteiger partial charge in [0.2, 0.25) is 0 Å². The van der Waals surface area contributed by atoms with E-state index in [0.29, 0.717) is 28.4 Å². The van der Waals surface area contributed by atoms with Crippen LogP contribution in [0.3, 0.4) is 0 Å². The van der Waals surface area contributed by atoms with Crippen LogP contribution in [0.1, 0.15) is 11.1 Å². The van der Waals surface area contributed by atoms with Gasteiger partial charge >= 0.3 is 6.03 Å². The number of hydrogen-bond acceptors (Lipinski definition) is 7. The lowest BCUT2D eigenvalue weighted by Gasteiger charge is -2.38. The number of azo groups is 1. The van der Waals surface area contributed by atoms with Crippen molar-refractivity contribution in [2.75, 3.05) is 11.6 Å². The van der Waals surface area contributed by atoms with Crippen molar-refractivity contribution in [2.45, 2.75) is 17.9 Å². The standard InChI is InChI=1S/C21H17N3O4S/c1-12-10-14-6-4-5-7-17(14)20-19(12)23-24-21(28-20)22-18-11-15(29(3,25)26)8-9-16(18)13(2)27-21/h4-11,22H,2H2,1,3H3. The summed E-state index contributed by atoms with van der Waals surface area (Å²) in [5, 5.41) is 13.5. The van der Waals surface area contributed by atoms with Crippen LogP contribution in [0.5, 0.6) is 5.75 Å². The Bertz CT molecular complexity index is 1350. The zero-order valence-corrected chi connectivity index (χ0v) is 16.6. The van der Waals surface area contributed by atoms with E-state index in [9.17, 15) is 8.42 Å². The number of fused-ring (bicyclic) bond motifs is 4. The van der Waals surface area contributed by atoms with Gasteiger partial charge in [0.15, 0.2) is 15.6 Å². The number of hydrogen-bond donors (Lipinski definition) is 1. The molecule has 1 unspecified atom stereocenters. The molecule has 2 aliphatic rings. The normalized spacial score (nSPS) is 19.9. The highest BCUT2D eigenvalue weighted by molar-refractivity contribution is 7.90. The third kappa shape index (κ3) is 2.75. The van der Waals surface area contributed by atoms with E-state index in [1.54, 1.807) is 6.07 Å². The Morgan fingerprint density at radius 3 is 2.69 bits per heavy atom. The van der Waals surface area contributed by atoms with Gasteiger partial charge in [-0.05, 0) is 42.1 Å². The van der Waals surface area contributed by atoms with Crippen molar-refractivity contribution >= 4 is 37.7 Å². The number of aryl methyl sites for hydroxylation is 1. The van der Waals surface area contributed by atoms with Crippen molar-refractivity contribution in [1.29, 1.82) is 0 Å². The summed E-state index contributed by atoms with van der Waals surface area (Å²) in [7, 11) is -3.38. The van der Waals surface area contributed by atoms with Gasteiger partial charge in [-0.2, -0.15) is 0 Å². The van der Waals surface area contributed by atoms with Crippen LogP contribution in [0.4, 0.5) is 11.4 Å². The second-order valence-corrected chi connectivity index (χ2v) is 9.12. The summed E-state index contributed by atoms with van der Waals surface area (Å²) in [5.41, 5.74) is 2.66. The van der Waals surface area contributed by atoms with E-state index < -0.39 is 15.9 Å². The molecule has 1 spiro atoms. The van der Waals surface area contributed by atoms with Crippen LogP contribution >= 0.6 is 0 Å². The number of anilines is 1. The van der Waals surface area contributed by atoms with Gasteiger partial charge in [-0.3, -0.25) is 5.32 Å². The molecule has 0 saturated heterocycles. The molecule has 1 atom stereocenters. The zero-order chi connectivity index (χ0) is 20.4. The fourth-order valence-electron chi connectivity index (χ4n) is 3.55. The summed E-state index contributed by atoms with van der Waals surface area (Å²) in [4.78, 5) is 0.169. The fourth-order valence-corrected chi connectivity index (χ4v) is 4.20. The monoisotopic (exact) mass is 407 g/mol. The minimum atomic E-state index is -3.38. The Balaban J connectivity index is 1.64. The minimum Gasteiger partial charge on any atom is -0.416 e. The molecule has 1 N–H and O–H groups in total. The van der Waals surface area contributed by atoms with E-state index in [2.05, 4.69) is 22.1 Å². The Morgan fingerprint density at radius 1 is 1.10 bits per heavy atom. The topological polar surface area (TPSA) is 89.3 Å². The van der Waals surface area contributed by atoms with Gasteiger partial charge < -0.3 is 9.47 Å². The number of nitrogens with zero attached hydrogens (tertiary/aromatic N) is 2. The summed E-state index contributed by atoms with van der Waals surface area (Å²) < 4.78 is 36.0. The number of nitrogens with one attached hydrogen (secondary N) is 1. The third-order valence-corrected chi connectivity index (χ3v) is 6.07. The smallest absolute Gasteiger partial charge is 0.416 e. The molecule has 8 heteroatoms. The molecule has 0 bridgehead atoms. The van der Waals surface area contributed by atoms with Crippen LogP contribution in [0, 0.1) is 6.92 Å². The van der Waals surface area contributed by atoms with E-state index in [-0.39, 0.29) is 4.90 Å². The van der Waals surface area contributed by atoms with E-state index in [4.69, 9.17) is 9.47 Å². The van der Waals surface area contributed by atoms with Crippen molar-refractivity contribution in [3.8, 4) is 5.75 Å². The molecule has 0 aromatic heterocycles. The van der Waals surface area contributed by atoms with Crippen LogP contribution in [0.25, 0.3) is 16.5 Å². The van der Waals surface area contributed by atoms with Gasteiger partial charge in [-0.1, -0.05) is 36.0 Å². The number of rotatable bonds is 1. The minimum absolute atomic E-state index is 0.169. The average molecular weight is 407 g/mol. The van der Waals surface area contributed by atoms with Gasteiger partial charge in [-0.15, -0.1) is 5.11 Å². The molecule has 3 aromatic carbocycles. The number of ether oxygens (including phenoxy) is 2. The SMILES string of the molecule is C=C1OC2(N=Nc3c(C)cc4ccccc4c3O2)Nc2cc(S(C)(=O)=O)ccc21. The molecule has 0 saturated carbocycles. The zero-order valence-electron chi connectivity index (χ0n) is 15.8. The highest BCUT2D eigenvalue weighted by atomic mass is 32.2. The molecule has 146 valence electrons. The molecule has 3 aromatic rings. The highest BCUT2D eigenvalue weighted by Gasteiger charge is 2.44. The van der Waals surface area contributed by atoms with Crippen molar-refractivity contribution < 1.29 is 17.9 Å². The molecule has 0 aliphatic carbocycles. The van der Waals surface area contributed by atoms with Crippen molar-refractivity contribution in [2.24, 2.45) is 10.2 Å². The first-order valence-electron chi connectivity index (χ1n) is 8.91. The lowest BCUT2D eigenvalue weighted by atomic mass is 10.0. The van der Waals surface area contributed by atoms with Crippen molar-refractivity contribution in [1.82, 2.24) is 0 Å². The second-order valence-electron chi connectivity index (χ2n) is 7.11. The van der Waals surface area contributed by atoms with E-state index in [0.717, 1.165) is 22.6 Å². The average Bonchev–Trinajstić information content (AvgIpc) is 2.67. The Labute approximate surface area is 167 Å². The first-order valence-corrected chi connectivity index (χ1v) is 10.8. The van der Waals surface area contributed by atoms with Gasteiger partial charge in [0.1, 0.15) is 11.4 Å². The highest BCUT2D eigenvalue weighted by Crippen LogP contribution is 2.47. The molecular formula is C21H17N3O4S. The van der Waals surface area contributed by atoms with Crippen LogP contribution in [-0.2, 0) is 14.6 Å². The molecule has 0 fully saturated rings. The van der Waals surface area contributed by atoms with E-state index in [1.165, 1.54) is 12.1 Å². The summed E-state index contributed by atoms with van der Waals surface area (Å²) in [6.45, 7) is 5.88. The third-order valence-electron chi connectivity index (χ3n) is 4.96. The maximum Gasteiger partial charge on any atom is 0.468 e. The maximum atomic E-state index is 12.0.